The van der Waals surface area contributed by atoms with Crippen LogP contribution < -0.4 is 16.0 Å². The van der Waals surface area contributed by atoms with Gasteiger partial charge in [-0.05, 0) is 68.7 Å². The van der Waals surface area contributed by atoms with Crippen molar-refractivity contribution in [3.05, 3.63) is 74.5 Å². The summed E-state index contributed by atoms with van der Waals surface area (Å²) in [5.41, 5.74) is 4.09. The molecule has 0 aliphatic carbocycles. The number of carboxylic acids is 1. The van der Waals surface area contributed by atoms with Gasteiger partial charge in [-0.15, -0.1) is 0 Å². The molecule has 190 valence electrons. The summed E-state index contributed by atoms with van der Waals surface area (Å²) in [6.07, 6.45) is 1.19. The summed E-state index contributed by atoms with van der Waals surface area (Å²) in [5, 5.41) is 26.3. The predicted octanol–water partition coefficient (Wildman–Crippen LogP) is 2.98. The fourth-order valence-electron chi connectivity index (χ4n) is 4.85. The van der Waals surface area contributed by atoms with Gasteiger partial charge in [0.1, 0.15) is 22.7 Å². The Hall–Kier alpha value is -4.53. The number of aromatic amines is 1. The molecule has 9 nitrogen and oxygen atoms in total. The third kappa shape index (κ3) is 4.12. The second-order valence-corrected chi connectivity index (χ2v) is 9.40. The molecule has 2 aromatic carbocycles. The Morgan fingerprint density at radius 3 is 2.43 bits per heavy atom. The number of amides is 1. The lowest BCUT2D eigenvalue weighted by Gasteiger charge is -2.20. The standard InChI is InChI=1S/C28H26N2O7/c1-12-15(4)36-25-14(3)26-19(9-18(12)25)13(2)20(28(35)37-26)10-24(32)30-23(27(33)34)7-16-11-29-22-6-5-17(31)8-21(16)22/h5-6,8-9,11,23,29,31H,7,10H2,1-4H3,(H,30,32)(H,33,34)/p-1/t23-/m1/s1. The van der Waals surface area contributed by atoms with E-state index in [0.717, 1.165) is 16.7 Å². The van der Waals surface area contributed by atoms with Crippen molar-refractivity contribution < 1.29 is 28.6 Å². The van der Waals surface area contributed by atoms with Gasteiger partial charge in [-0.25, -0.2) is 4.79 Å². The van der Waals surface area contributed by atoms with Crippen molar-refractivity contribution in [2.45, 2.75) is 46.6 Å². The van der Waals surface area contributed by atoms with E-state index in [1.54, 1.807) is 19.2 Å². The van der Waals surface area contributed by atoms with E-state index in [4.69, 9.17) is 8.83 Å². The molecular formula is C28H25N2O7-. The number of aliphatic carboxylic acids is 1. The third-order valence-corrected chi connectivity index (χ3v) is 7.08. The van der Waals surface area contributed by atoms with E-state index in [2.05, 4.69) is 10.3 Å². The van der Waals surface area contributed by atoms with Crippen LogP contribution in [0.5, 0.6) is 5.75 Å². The number of carbonyl (C=O) groups excluding carboxylic acids is 2. The van der Waals surface area contributed by atoms with Gasteiger partial charge in [-0.1, -0.05) is 0 Å². The van der Waals surface area contributed by atoms with E-state index < -0.39 is 23.5 Å². The van der Waals surface area contributed by atoms with E-state index in [-0.39, 0.29) is 24.2 Å². The molecule has 0 bridgehead atoms. The van der Waals surface area contributed by atoms with E-state index in [0.29, 0.717) is 44.1 Å². The highest BCUT2D eigenvalue weighted by atomic mass is 16.4. The number of aromatic nitrogens is 1. The van der Waals surface area contributed by atoms with Crippen LogP contribution >= 0.6 is 0 Å². The van der Waals surface area contributed by atoms with Crippen molar-refractivity contribution in [2.24, 2.45) is 0 Å². The quantitative estimate of drug-likeness (QED) is 0.303. The highest BCUT2D eigenvalue weighted by Gasteiger charge is 2.22. The molecule has 0 saturated heterocycles. The smallest absolute Gasteiger partial charge is 0.340 e. The summed E-state index contributed by atoms with van der Waals surface area (Å²) < 4.78 is 11.5. The number of carbonyl (C=O) groups is 2. The maximum atomic E-state index is 12.9. The van der Waals surface area contributed by atoms with Crippen molar-refractivity contribution in [2.75, 3.05) is 0 Å². The lowest BCUT2D eigenvalue weighted by molar-refractivity contribution is -0.308. The number of aromatic hydroxyl groups is 1. The molecular weight excluding hydrogens is 476 g/mol. The number of phenols is 1. The summed E-state index contributed by atoms with van der Waals surface area (Å²) in [6, 6.07) is 5.24. The van der Waals surface area contributed by atoms with Crippen LogP contribution in [0.15, 0.2) is 44.1 Å². The summed E-state index contributed by atoms with van der Waals surface area (Å²) in [7, 11) is 0. The number of phenolic OH excluding ortho intramolecular Hbond substituents is 1. The molecule has 3 heterocycles. The summed E-state index contributed by atoms with van der Waals surface area (Å²) in [6.45, 7) is 7.37. The summed E-state index contributed by atoms with van der Waals surface area (Å²) >= 11 is 0. The lowest BCUT2D eigenvalue weighted by atomic mass is 9.98. The van der Waals surface area contributed by atoms with Crippen LogP contribution in [0.1, 0.15) is 33.6 Å². The maximum absolute atomic E-state index is 12.9. The second kappa shape index (κ2) is 8.85. The van der Waals surface area contributed by atoms with Crippen molar-refractivity contribution in [1.29, 1.82) is 0 Å². The number of H-pyrrole nitrogens is 1. The molecule has 0 saturated carbocycles. The Morgan fingerprint density at radius 2 is 1.70 bits per heavy atom. The molecule has 0 radical (unpaired) electrons. The molecule has 0 aliphatic rings. The van der Waals surface area contributed by atoms with Crippen LogP contribution in [-0.4, -0.2) is 28.0 Å². The fourth-order valence-corrected chi connectivity index (χ4v) is 4.85. The zero-order valence-corrected chi connectivity index (χ0v) is 20.8. The molecule has 5 aromatic rings. The average molecular weight is 502 g/mol. The second-order valence-electron chi connectivity index (χ2n) is 9.40. The number of hydrogen-bond acceptors (Lipinski definition) is 7. The highest BCUT2D eigenvalue weighted by molar-refractivity contribution is 6.00. The van der Waals surface area contributed by atoms with Crippen molar-refractivity contribution in [3.63, 3.8) is 0 Å². The first-order valence-electron chi connectivity index (χ1n) is 11.8. The number of nitrogens with one attached hydrogen (secondary N) is 2. The minimum absolute atomic E-state index is 0.0363. The first-order valence-corrected chi connectivity index (χ1v) is 11.8. The molecule has 1 atom stereocenters. The van der Waals surface area contributed by atoms with Gasteiger partial charge in [-0.2, -0.15) is 0 Å². The molecule has 9 heteroatoms. The van der Waals surface area contributed by atoms with E-state index in [9.17, 15) is 24.6 Å². The largest absolute Gasteiger partial charge is 0.548 e. The van der Waals surface area contributed by atoms with Crippen LogP contribution in [0, 0.1) is 27.7 Å². The van der Waals surface area contributed by atoms with E-state index in [1.165, 1.54) is 12.1 Å². The maximum Gasteiger partial charge on any atom is 0.340 e. The van der Waals surface area contributed by atoms with Gasteiger partial charge in [-0.3, -0.25) is 4.79 Å². The summed E-state index contributed by atoms with van der Waals surface area (Å²) in [4.78, 5) is 40.6. The van der Waals surface area contributed by atoms with Gasteiger partial charge >= 0.3 is 5.63 Å². The molecule has 0 spiro atoms. The van der Waals surface area contributed by atoms with Crippen LogP contribution in [-0.2, 0) is 22.4 Å². The Bertz CT molecular complexity index is 1790. The molecule has 3 aromatic heterocycles. The molecule has 5 rings (SSSR count). The Labute approximate surface area is 210 Å². The van der Waals surface area contributed by atoms with Crippen LogP contribution in [0.2, 0.25) is 0 Å². The zero-order chi connectivity index (χ0) is 26.6. The SMILES string of the molecule is Cc1oc2c(C)c3oc(=O)c(CC(=O)N[C@H](Cc4c[nH]c5ccc(O)cc45)C(=O)[O-])c(C)c3cc2c1C. The average Bonchev–Trinajstić information content (AvgIpc) is 3.37. The highest BCUT2D eigenvalue weighted by Crippen LogP contribution is 2.34. The molecule has 0 aliphatic heterocycles. The Balaban J connectivity index is 1.45. The number of furan rings is 1. The number of carboxylic acid groups (broad SMARTS) is 1. The van der Waals surface area contributed by atoms with Crippen LogP contribution in [0.3, 0.4) is 0 Å². The molecule has 3 N–H and O–H groups in total. The van der Waals surface area contributed by atoms with E-state index in [1.807, 2.05) is 26.8 Å². The number of benzene rings is 2. The third-order valence-electron chi connectivity index (χ3n) is 7.08. The molecule has 1 amide bonds. The minimum Gasteiger partial charge on any atom is -0.548 e. The Kier molecular flexibility index (Phi) is 5.78. The lowest BCUT2D eigenvalue weighted by Crippen LogP contribution is -2.49. The zero-order valence-electron chi connectivity index (χ0n) is 20.8. The predicted molar refractivity (Wildman–Crippen MR) is 136 cm³/mol. The van der Waals surface area contributed by atoms with Gasteiger partial charge < -0.3 is 34.1 Å². The van der Waals surface area contributed by atoms with Crippen molar-refractivity contribution in [1.82, 2.24) is 10.3 Å². The first kappa shape index (κ1) is 24.2. The number of fused-ring (bicyclic) bond motifs is 3. The number of hydrogen-bond donors (Lipinski definition) is 3. The van der Waals surface area contributed by atoms with Gasteiger partial charge in [0.15, 0.2) is 0 Å². The Morgan fingerprint density at radius 1 is 1.00 bits per heavy atom. The monoisotopic (exact) mass is 501 g/mol. The molecule has 0 unspecified atom stereocenters. The first-order chi connectivity index (χ1) is 17.5. The van der Waals surface area contributed by atoms with Gasteiger partial charge in [0.2, 0.25) is 5.91 Å². The van der Waals surface area contributed by atoms with Crippen molar-refractivity contribution in [3.8, 4) is 5.75 Å². The normalized spacial score (nSPS) is 12.4. The fraction of sp³-hybridized carbons (Fsp3) is 0.250. The number of rotatable bonds is 6. The molecule has 37 heavy (non-hydrogen) atoms. The van der Waals surface area contributed by atoms with Crippen LogP contribution in [0.25, 0.3) is 32.8 Å². The van der Waals surface area contributed by atoms with Gasteiger partial charge in [0.05, 0.1) is 24.0 Å². The summed E-state index contributed by atoms with van der Waals surface area (Å²) in [5.74, 6) is -1.31. The van der Waals surface area contributed by atoms with Gasteiger partial charge in [0.25, 0.3) is 0 Å². The number of aryl methyl sites for hydroxylation is 4. The van der Waals surface area contributed by atoms with E-state index >= 15 is 0 Å². The minimum atomic E-state index is -1.46. The topological polar surface area (TPSA) is 149 Å². The van der Waals surface area contributed by atoms with Gasteiger partial charge in [0, 0.05) is 39.9 Å². The van der Waals surface area contributed by atoms with Crippen LogP contribution in [0.4, 0.5) is 0 Å². The molecule has 0 fully saturated rings. The van der Waals surface area contributed by atoms with Crippen molar-refractivity contribution >= 4 is 44.7 Å².